The van der Waals surface area contributed by atoms with Gasteiger partial charge in [-0.05, 0) is 39.0 Å². The summed E-state index contributed by atoms with van der Waals surface area (Å²) in [6.07, 6.45) is 0. The van der Waals surface area contributed by atoms with Gasteiger partial charge in [-0.3, -0.25) is 14.9 Å². The molecule has 0 aliphatic rings. The van der Waals surface area contributed by atoms with Crippen LogP contribution in [-0.2, 0) is 4.74 Å². The predicted octanol–water partition coefficient (Wildman–Crippen LogP) is 3.62. The molecular weight excluding hydrogens is 318 g/mol. The van der Waals surface area contributed by atoms with Crippen LogP contribution in [-0.4, -0.2) is 23.3 Å². The van der Waals surface area contributed by atoms with Crippen molar-refractivity contribution in [1.82, 2.24) is 0 Å². The fourth-order valence-corrected chi connectivity index (χ4v) is 3.13. The van der Waals surface area contributed by atoms with Crippen molar-refractivity contribution >= 4 is 28.8 Å². The first-order chi connectivity index (χ1) is 10.8. The second-order valence-corrected chi connectivity index (χ2v) is 6.55. The molecule has 1 aromatic carbocycles. The number of thiophene rings is 1. The summed E-state index contributed by atoms with van der Waals surface area (Å²) in [7, 11) is 0. The highest BCUT2D eigenvalue weighted by Gasteiger charge is 2.17. The Balaban J connectivity index is 2.05. The number of nitro groups is 1. The van der Waals surface area contributed by atoms with E-state index in [9.17, 15) is 19.7 Å². The third kappa shape index (κ3) is 3.81. The number of ether oxygens (including phenoxy) is 1. The summed E-state index contributed by atoms with van der Waals surface area (Å²) in [6.45, 7) is 4.93. The molecule has 0 saturated heterocycles. The van der Waals surface area contributed by atoms with Crippen molar-refractivity contribution in [2.45, 2.75) is 20.8 Å². The molecule has 0 unspecified atom stereocenters. The number of hydrogen-bond acceptors (Lipinski definition) is 6. The van der Waals surface area contributed by atoms with Gasteiger partial charge in [0.1, 0.15) is 0 Å². The Morgan fingerprint density at radius 3 is 2.43 bits per heavy atom. The maximum Gasteiger partial charge on any atom is 0.338 e. The molecule has 0 bridgehead atoms. The first-order valence-electron chi connectivity index (χ1n) is 6.82. The fourth-order valence-electron chi connectivity index (χ4n) is 2.19. The van der Waals surface area contributed by atoms with Crippen LogP contribution < -0.4 is 0 Å². The molecule has 0 saturated carbocycles. The summed E-state index contributed by atoms with van der Waals surface area (Å²) in [5, 5.41) is 10.8. The van der Waals surface area contributed by atoms with Crippen molar-refractivity contribution in [2.75, 3.05) is 6.61 Å². The largest absolute Gasteiger partial charge is 0.454 e. The zero-order valence-corrected chi connectivity index (χ0v) is 13.7. The number of nitrogens with zero attached hydrogens (tertiary/aromatic N) is 1. The number of benzene rings is 1. The summed E-state index contributed by atoms with van der Waals surface area (Å²) in [4.78, 5) is 36.2. The Morgan fingerprint density at radius 1 is 1.22 bits per heavy atom. The van der Waals surface area contributed by atoms with Crippen LogP contribution in [0.5, 0.6) is 0 Å². The molecule has 6 nitrogen and oxygen atoms in total. The number of hydrogen-bond donors (Lipinski definition) is 0. The van der Waals surface area contributed by atoms with Crippen molar-refractivity contribution in [3.63, 3.8) is 0 Å². The summed E-state index contributed by atoms with van der Waals surface area (Å²) >= 11 is 1.51. The summed E-state index contributed by atoms with van der Waals surface area (Å²) in [5.74, 6) is -0.945. The maximum atomic E-state index is 12.1. The summed E-state index contributed by atoms with van der Waals surface area (Å²) < 4.78 is 5.01. The molecule has 0 amide bonds. The SMILES string of the molecule is Cc1cc(C(=O)COC(=O)c2ccc([N+](=O)[O-])c(C)c2)c(C)s1. The number of aryl methyl sites for hydroxylation is 3. The van der Waals surface area contributed by atoms with Crippen LogP contribution in [0, 0.1) is 30.9 Å². The number of rotatable bonds is 5. The zero-order chi connectivity index (χ0) is 17.1. The quantitative estimate of drug-likeness (QED) is 0.361. The molecule has 7 heteroatoms. The maximum absolute atomic E-state index is 12.1. The van der Waals surface area contributed by atoms with Gasteiger partial charge in [-0.15, -0.1) is 11.3 Å². The second-order valence-electron chi connectivity index (χ2n) is 5.08. The van der Waals surface area contributed by atoms with Crippen molar-refractivity contribution in [1.29, 1.82) is 0 Å². The second kappa shape index (κ2) is 6.70. The van der Waals surface area contributed by atoms with Gasteiger partial charge in [0.15, 0.2) is 6.61 Å². The van der Waals surface area contributed by atoms with Crippen LogP contribution in [0.1, 0.15) is 36.0 Å². The number of Topliss-reactive ketones (excluding diaryl/α,β-unsaturated/α-hetero) is 1. The molecule has 0 aliphatic heterocycles. The van der Waals surface area contributed by atoms with Gasteiger partial charge in [0.25, 0.3) is 5.69 Å². The van der Waals surface area contributed by atoms with Crippen LogP contribution in [0.3, 0.4) is 0 Å². The van der Waals surface area contributed by atoms with Gasteiger partial charge in [0.05, 0.1) is 10.5 Å². The van der Waals surface area contributed by atoms with E-state index in [1.165, 1.54) is 36.5 Å². The van der Waals surface area contributed by atoms with Crippen molar-refractivity contribution in [2.24, 2.45) is 0 Å². The van der Waals surface area contributed by atoms with Gasteiger partial charge >= 0.3 is 5.97 Å². The molecule has 2 aromatic rings. The van der Waals surface area contributed by atoms with Crippen LogP contribution >= 0.6 is 11.3 Å². The van der Waals surface area contributed by atoms with Crippen molar-refractivity contribution in [3.8, 4) is 0 Å². The summed E-state index contributed by atoms with van der Waals surface area (Å²) in [6, 6.07) is 5.72. The lowest BCUT2D eigenvalue weighted by atomic mass is 10.1. The molecule has 1 heterocycles. The van der Waals surface area contributed by atoms with Gasteiger partial charge < -0.3 is 4.74 Å². The standard InChI is InChI=1S/C16H15NO5S/c1-9-6-12(4-5-14(9)17(20)21)16(19)22-8-15(18)13-7-10(2)23-11(13)3/h4-7H,8H2,1-3H3. The minimum absolute atomic E-state index is 0.0676. The third-order valence-electron chi connectivity index (χ3n) is 3.30. The summed E-state index contributed by atoms with van der Waals surface area (Å²) in [5.41, 5.74) is 1.03. The first kappa shape index (κ1) is 16.8. The van der Waals surface area contributed by atoms with Crippen LogP contribution in [0.15, 0.2) is 24.3 Å². The smallest absolute Gasteiger partial charge is 0.338 e. The number of esters is 1. The Bertz CT molecular complexity index is 794. The van der Waals surface area contributed by atoms with E-state index < -0.39 is 10.9 Å². The van der Waals surface area contributed by atoms with E-state index in [1.54, 1.807) is 6.07 Å². The molecule has 2 rings (SSSR count). The molecule has 0 fully saturated rings. The average Bonchev–Trinajstić information content (AvgIpc) is 2.82. The number of carbonyl (C=O) groups excluding carboxylic acids is 2. The van der Waals surface area contributed by atoms with Crippen LogP contribution in [0.2, 0.25) is 0 Å². The lowest BCUT2D eigenvalue weighted by molar-refractivity contribution is -0.385. The topological polar surface area (TPSA) is 86.5 Å². The molecule has 1 aromatic heterocycles. The molecule has 120 valence electrons. The Hall–Kier alpha value is -2.54. The Morgan fingerprint density at radius 2 is 1.91 bits per heavy atom. The molecule has 0 atom stereocenters. The van der Waals surface area contributed by atoms with Gasteiger partial charge in [-0.25, -0.2) is 4.79 Å². The molecule has 23 heavy (non-hydrogen) atoms. The number of ketones is 1. The normalized spacial score (nSPS) is 10.4. The number of carbonyl (C=O) groups is 2. The molecule has 0 radical (unpaired) electrons. The van der Waals surface area contributed by atoms with Crippen LogP contribution in [0.25, 0.3) is 0 Å². The number of nitro benzene ring substituents is 1. The fraction of sp³-hybridized carbons (Fsp3) is 0.250. The van der Waals surface area contributed by atoms with Gasteiger partial charge in [0.2, 0.25) is 5.78 Å². The lowest BCUT2D eigenvalue weighted by Crippen LogP contribution is -2.14. The van der Waals surface area contributed by atoms with E-state index in [2.05, 4.69) is 0 Å². The van der Waals surface area contributed by atoms with E-state index in [0.717, 1.165) is 9.75 Å². The molecular formula is C16H15NO5S. The van der Waals surface area contributed by atoms with E-state index >= 15 is 0 Å². The van der Waals surface area contributed by atoms with E-state index in [1.807, 2.05) is 13.8 Å². The first-order valence-corrected chi connectivity index (χ1v) is 7.63. The van der Waals surface area contributed by atoms with E-state index in [0.29, 0.717) is 11.1 Å². The molecule has 0 N–H and O–H groups in total. The third-order valence-corrected chi connectivity index (χ3v) is 4.27. The van der Waals surface area contributed by atoms with E-state index in [4.69, 9.17) is 4.74 Å². The highest BCUT2D eigenvalue weighted by Crippen LogP contribution is 2.22. The minimum Gasteiger partial charge on any atom is -0.454 e. The van der Waals surface area contributed by atoms with Gasteiger partial charge in [-0.2, -0.15) is 0 Å². The molecule has 0 aliphatic carbocycles. The molecule has 0 spiro atoms. The monoisotopic (exact) mass is 333 g/mol. The van der Waals surface area contributed by atoms with Gasteiger partial charge in [0, 0.05) is 26.9 Å². The zero-order valence-electron chi connectivity index (χ0n) is 12.9. The van der Waals surface area contributed by atoms with Crippen molar-refractivity contribution in [3.05, 3.63) is 60.8 Å². The minimum atomic E-state index is -0.680. The van der Waals surface area contributed by atoms with Gasteiger partial charge in [-0.1, -0.05) is 0 Å². The predicted molar refractivity (Wildman–Crippen MR) is 86.2 cm³/mol. The highest BCUT2D eigenvalue weighted by molar-refractivity contribution is 7.12. The highest BCUT2D eigenvalue weighted by atomic mass is 32.1. The lowest BCUT2D eigenvalue weighted by Gasteiger charge is -2.05. The average molecular weight is 333 g/mol. The van der Waals surface area contributed by atoms with Crippen LogP contribution in [0.4, 0.5) is 5.69 Å². The van der Waals surface area contributed by atoms with Crippen molar-refractivity contribution < 1.29 is 19.2 Å². The Labute approximate surface area is 136 Å². The Kier molecular flexibility index (Phi) is 4.90. The van der Waals surface area contributed by atoms with E-state index in [-0.39, 0.29) is 23.6 Å².